The summed E-state index contributed by atoms with van der Waals surface area (Å²) < 4.78 is 65.3. The predicted molar refractivity (Wildman–Crippen MR) is 185 cm³/mol. The average Bonchev–Trinajstić information content (AvgIpc) is 3.13. The molecule has 0 spiro atoms. The highest BCUT2D eigenvalue weighted by molar-refractivity contribution is 6.17. The second-order valence-electron chi connectivity index (χ2n) is 10.3. The Labute approximate surface area is 298 Å². The molecule has 0 bridgehead atoms. The summed E-state index contributed by atoms with van der Waals surface area (Å²) >= 11 is 5.65. The lowest BCUT2D eigenvalue weighted by atomic mass is 10.2. The van der Waals surface area contributed by atoms with Gasteiger partial charge in [0.25, 0.3) is 0 Å². The van der Waals surface area contributed by atoms with Crippen molar-refractivity contribution in [3.05, 3.63) is 35.9 Å². The van der Waals surface area contributed by atoms with Crippen molar-refractivity contribution in [2.45, 2.75) is 25.7 Å². The van der Waals surface area contributed by atoms with Gasteiger partial charge in [0.2, 0.25) is 0 Å². The van der Waals surface area contributed by atoms with Crippen LogP contribution in [0, 0.1) is 0 Å². The molecular formula is C35H61ClO13. The molecule has 0 aromatic heterocycles. The fourth-order valence-electron chi connectivity index (χ4n) is 3.80. The monoisotopic (exact) mass is 724 g/mol. The number of ether oxygens (including phenoxy) is 12. The summed E-state index contributed by atoms with van der Waals surface area (Å²) in [6.45, 7) is 11.4. The van der Waals surface area contributed by atoms with E-state index >= 15 is 0 Å². The Bertz CT molecular complexity index is 794. The topological polar surface area (TPSA) is 128 Å². The summed E-state index contributed by atoms with van der Waals surface area (Å²) in [5.41, 5.74) is 0.525. The number of alkyl halides is 1. The van der Waals surface area contributed by atoms with E-state index in [1.807, 2.05) is 6.07 Å². The van der Waals surface area contributed by atoms with E-state index in [-0.39, 0.29) is 12.6 Å². The van der Waals surface area contributed by atoms with Gasteiger partial charge in [0.15, 0.2) is 0 Å². The highest BCUT2D eigenvalue weighted by atomic mass is 35.5. The van der Waals surface area contributed by atoms with Crippen LogP contribution in [0.2, 0.25) is 0 Å². The van der Waals surface area contributed by atoms with Crippen LogP contribution in [0.5, 0.6) is 0 Å². The molecule has 1 aromatic carbocycles. The van der Waals surface area contributed by atoms with Crippen molar-refractivity contribution in [1.82, 2.24) is 0 Å². The number of carbonyl (C=O) groups excluding carboxylic acids is 1. The third-order valence-electron chi connectivity index (χ3n) is 6.36. The molecule has 0 aliphatic carbocycles. The van der Waals surface area contributed by atoms with Gasteiger partial charge in [-0.3, -0.25) is 0 Å². The standard InChI is InChI=1S/C35H61ClO13/c36-10-6-1-2-7-11-38-12-13-39-14-15-40-16-17-41-18-19-42-20-21-43-22-23-44-24-25-45-26-27-46-28-29-47-30-31-48-32-33-49-35(37)34-8-4-3-5-9-34/h3-5,8-9H,1-2,6-7,10-33H2. The van der Waals surface area contributed by atoms with Crippen LogP contribution in [-0.2, 0) is 56.8 Å². The zero-order valence-corrected chi connectivity index (χ0v) is 30.1. The van der Waals surface area contributed by atoms with Crippen LogP contribution in [0.3, 0.4) is 0 Å². The molecule has 0 saturated carbocycles. The summed E-state index contributed by atoms with van der Waals surface area (Å²) in [6, 6.07) is 8.85. The van der Waals surface area contributed by atoms with Gasteiger partial charge in [-0.1, -0.05) is 31.0 Å². The molecule has 1 aromatic rings. The summed E-state index contributed by atoms with van der Waals surface area (Å²) in [6.07, 6.45) is 4.48. The number of unbranched alkanes of at least 4 members (excludes halogenated alkanes) is 3. The first-order chi connectivity index (χ1) is 24.3. The lowest BCUT2D eigenvalue weighted by molar-refractivity contribution is -0.0280. The normalized spacial score (nSPS) is 11.4. The van der Waals surface area contributed by atoms with Crippen molar-refractivity contribution in [1.29, 1.82) is 0 Å². The van der Waals surface area contributed by atoms with E-state index in [0.29, 0.717) is 144 Å². The van der Waals surface area contributed by atoms with Crippen LogP contribution >= 0.6 is 11.6 Å². The Balaban J connectivity index is 1.62. The molecule has 0 saturated heterocycles. The predicted octanol–water partition coefficient (Wildman–Crippen LogP) is 3.83. The molecular weight excluding hydrogens is 664 g/mol. The lowest BCUT2D eigenvalue weighted by Gasteiger charge is -2.09. The van der Waals surface area contributed by atoms with Gasteiger partial charge in [-0.25, -0.2) is 4.79 Å². The van der Waals surface area contributed by atoms with Gasteiger partial charge in [-0.15, -0.1) is 11.6 Å². The van der Waals surface area contributed by atoms with Gasteiger partial charge in [0.1, 0.15) is 6.61 Å². The minimum atomic E-state index is -0.356. The molecule has 0 atom stereocenters. The Morgan fingerprint density at radius 2 is 0.653 bits per heavy atom. The maximum Gasteiger partial charge on any atom is 0.338 e. The van der Waals surface area contributed by atoms with Crippen LogP contribution in [0.15, 0.2) is 30.3 Å². The molecule has 13 nitrogen and oxygen atoms in total. The van der Waals surface area contributed by atoms with E-state index in [4.69, 9.17) is 68.4 Å². The Morgan fingerprint density at radius 3 is 0.980 bits per heavy atom. The van der Waals surface area contributed by atoms with Crippen molar-refractivity contribution in [3.63, 3.8) is 0 Å². The van der Waals surface area contributed by atoms with Gasteiger partial charge in [0, 0.05) is 12.5 Å². The molecule has 14 heteroatoms. The van der Waals surface area contributed by atoms with Gasteiger partial charge in [-0.2, -0.15) is 0 Å². The Hall–Kier alpha value is -1.46. The third-order valence-corrected chi connectivity index (χ3v) is 6.63. The average molecular weight is 725 g/mol. The van der Waals surface area contributed by atoms with Crippen molar-refractivity contribution >= 4 is 17.6 Å². The minimum absolute atomic E-state index is 0.201. The summed E-state index contributed by atoms with van der Waals surface area (Å²) in [4.78, 5) is 11.8. The minimum Gasteiger partial charge on any atom is -0.460 e. The van der Waals surface area contributed by atoms with Crippen LogP contribution in [0.25, 0.3) is 0 Å². The zero-order chi connectivity index (χ0) is 35.0. The molecule has 0 aliphatic rings. The number of rotatable bonds is 40. The highest BCUT2D eigenvalue weighted by Gasteiger charge is 2.05. The van der Waals surface area contributed by atoms with E-state index in [1.165, 1.54) is 6.42 Å². The number of benzene rings is 1. The summed E-state index contributed by atoms with van der Waals surface area (Å²) in [5.74, 6) is 0.384. The zero-order valence-electron chi connectivity index (χ0n) is 29.4. The summed E-state index contributed by atoms with van der Waals surface area (Å²) in [7, 11) is 0. The van der Waals surface area contributed by atoms with Crippen LogP contribution in [0.1, 0.15) is 36.0 Å². The van der Waals surface area contributed by atoms with Crippen LogP contribution in [-0.4, -0.2) is 164 Å². The molecule has 0 radical (unpaired) electrons. The highest BCUT2D eigenvalue weighted by Crippen LogP contribution is 2.02. The fraction of sp³-hybridized carbons (Fsp3) is 0.800. The van der Waals surface area contributed by atoms with Gasteiger partial charge in [0.05, 0.1) is 144 Å². The first-order valence-corrected chi connectivity index (χ1v) is 18.0. The van der Waals surface area contributed by atoms with E-state index in [2.05, 4.69) is 0 Å². The van der Waals surface area contributed by atoms with E-state index in [9.17, 15) is 4.79 Å². The number of esters is 1. The van der Waals surface area contributed by atoms with Gasteiger partial charge in [-0.05, 0) is 25.0 Å². The molecule has 0 amide bonds. The van der Waals surface area contributed by atoms with Crippen molar-refractivity contribution in [3.8, 4) is 0 Å². The number of carbonyl (C=O) groups is 1. The van der Waals surface area contributed by atoms with Crippen molar-refractivity contribution in [2.24, 2.45) is 0 Å². The van der Waals surface area contributed by atoms with Crippen LogP contribution in [0.4, 0.5) is 0 Å². The molecule has 0 N–H and O–H groups in total. The molecule has 0 heterocycles. The van der Waals surface area contributed by atoms with Crippen LogP contribution < -0.4 is 0 Å². The van der Waals surface area contributed by atoms with Gasteiger partial charge >= 0.3 is 5.97 Å². The fourth-order valence-corrected chi connectivity index (χ4v) is 3.99. The summed E-state index contributed by atoms with van der Waals surface area (Å²) in [5, 5.41) is 0. The SMILES string of the molecule is O=C(OCCOCCOCCOCCOCCOCCOCCOCCOCCOCCOCCOCCCCCCCl)c1ccccc1. The van der Waals surface area contributed by atoms with E-state index in [0.717, 1.165) is 31.7 Å². The largest absolute Gasteiger partial charge is 0.460 e. The lowest BCUT2D eigenvalue weighted by Crippen LogP contribution is -2.15. The second kappa shape index (κ2) is 39.3. The Morgan fingerprint density at radius 1 is 0.367 bits per heavy atom. The number of hydrogen-bond donors (Lipinski definition) is 0. The molecule has 0 fully saturated rings. The smallest absolute Gasteiger partial charge is 0.338 e. The number of hydrogen-bond acceptors (Lipinski definition) is 13. The Kier molecular flexibility index (Phi) is 36.6. The third kappa shape index (κ3) is 34.8. The molecule has 1 rings (SSSR count). The molecule has 0 unspecified atom stereocenters. The first-order valence-electron chi connectivity index (χ1n) is 17.5. The maximum atomic E-state index is 11.8. The van der Waals surface area contributed by atoms with E-state index < -0.39 is 0 Å². The van der Waals surface area contributed by atoms with Crippen molar-refractivity contribution < 1.29 is 61.6 Å². The second-order valence-corrected chi connectivity index (χ2v) is 10.7. The quantitative estimate of drug-likeness (QED) is 0.0553. The molecule has 286 valence electrons. The van der Waals surface area contributed by atoms with Crippen molar-refractivity contribution in [2.75, 3.05) is 158 Å². The molecule has 49 heavy (non-hydrogen) atoms. The van der Waals surface area contributed by atoms with E-state index in [1.54, 1.807) is 24.3 Å². The number of halogens is 1. The van der Waals surface area contributed by atoms with Gasteiger partial charge < -0.3 is 56.8 Å². The molecule has 0 aliphatic heterocycles. The maximum absolute atomic E-state index is 11.8. The first kappa shape index (κ1) is 45.6.